The van der Waals surface area contributed by atoms with Gasteiger partial charge in [0.15, 0.2) is 0 Å². The lowest BCUT2D eigenvalue weighted by Crippen LogP contribution is -2.56. The molecule has 0 amide bonds. The van der Waals surface area contributed by atoms with E-state index in [9.17, 15) is 4.79 Å². The maximum atomic E-state index is 13.5. The van der Waals surface area contributed by atoms with Crippen LogP contribution in [0.5, 0.6) is 0 Å². The SMILES string of the molecule is C[N+]1(C)[C@@H]2CC[C@H]1CC(OC(=O)C1c3ccccc3CCc3ccccc31)C2. The highest BCUT2D eigenvalue weighted by atomic mass is 16.5. The summed E-state index contributed by atoms with van der Waals surface area (Å²) in [4.78, 5) is 13.5. The van der Waals surface area contributed by atoms with E-state index in [0.717, 1.165) is 41.3 Å². The lowest BCUT2D eigenvalue weighted by atomic mass is 9.88. The zero-order valence-corrected chi connectivity index (χ0v) is 16.9. The van der Waals surface area contributed by atoms with Crippen molar-refractivity contribution in [3.05, 3.63) is 70.8 Å². The largest absolute Gasteiger partial charge is 0.461 e. The van der Waals surface area contributed by atoms with E-state index in [0.29, 0.717) is 12.1 Å². The molecule has 3 nitrogen and oxygen atoms in total. The standard InChI is InChI=1S/C25H30NO2/c1-26(2)19-13-14-20(26)16-21(15-19)28-25(27)24-22-9-5-3-7-17(22)11-12-18-8-4-6-10-23(18)24/h3-10,19-21,24H,11-16H2,1-2H3/q+1/t19-,20+,21?. The molecular formula is C25H30NO2+. The van der Waals surface area contributed by atoms with Gasteiger partial charge in [-0.25, -0.2) is 0 Å². The second-order valence-electron chi connectivity index (χ2n) is 9.38. The Morgan fingerprint density at radius 2 is 1.36 bits per heavy atom. The number of ether oxygens (including phenoxy) is 1. The number of quaternary nitrogens is 1. The number of benzene rings is 2. The highest BCUT2D eigenvalue weighted by Crippen LogP contribution is 2.42. The van der Waals surface area contributed by atoms with Crippen LogP contribution in [0.25, 0.3) is 0 Å². The van der Waals surface area contributed by atoms with Crippen LogP contribution in [-0.4, -0.2) is 42.7 Å². The first-order valence-electron chi connectivity index (χ1n) is 10.7. The van der Waals surface area contributed by atoms with E-state index < -0.39 is 0 Å². The molecule has 1 aliphatic carbocycles. The van der Waals surface area contributed by atoms with Gasteiger partial charge in [-0.1, -0.05) is 48.5 Å². The fraction of sp³-hybridized carbons (Fsp3) is 0.480. The van der Waals surface area contributed by atoms with Crippen LogP contribution in [0, 0.1) is 0 Å². The van der Waals surface area contributed by atoms with Crippen molar-refractivity contribution in [2.75, 3.05) is 14.1 Å². The highest BCUT2D eigenvalue weighted by molar-refractivity contribution is 5.83. The number of carbonyl (C=O) groups excluding carboxylic acids is 1. The van der Waals surface area contributed by atoms with Crippen LogP contribution in [0.4, 0.5) is 0 Å². The molecule has 5 rings (SSSR count). The smallest absolute Gasteiger partial charge is 0.318 e. The Labute approximate surface area is 167 Å². The lowest BCUT2D eigenvalue weighted by Gasteiger charge is -2.44. The summed E-state index contributed by atoms with van der Waals surface area (Å²) in [5, 5.41) is 0. The van der Waals surface area contributed by atoms with Gasteiger partial charge in [0.2, 0.25) is 0 Å². The Balaban J connectivity index is 1.45. The number of esters is 1. The second kappa shape index (κ2) is 6.73. The van der Waals surface area contributed by atoms with Gasteiger partial charge in [-0.05, 0) is 35.1 Å². The molecule has 2 saturated heterocycles. The number of hydrogen-bond acceptors (Lipinski definition) is 2. The highest BCUT2D eigenvalue weighted by Gasteiger charge is 2.50. The minimum atomic E-state index is -0.294. The number of carbonyl (C=O) groups is 1. The number of fused-ring (bicyclic) bond motifs is 4. The van der Waals surface area contributed by atoms with Crippen LogP contribution in [-0.2, 0) is 22.4 Å². The topological polar surface area (TPSA) is 26.3 Å². The van der Waals surface area contributed by atoms with Crippen molar-refractivity contribution in [1.82, 2.24) is 0 Å². The minimum Gasteiger partial charge on any atom is -0.461 e. The predicted octanol–water partition coefficient (Wildman–Crippen LogP) is 4.23. The minimum absolute atomic E-state index is 0.0570. The van der Waals surface area contributed by atoms with Crippen molar-refractivity contribution >= 4 is 5.97 Å². The van der Waals surface area contributed by atoms with Crippen LogP contribution in [0.3, 0.4) is 0 Å². The molecule has 3 atom stereocenters. The average molecular weight is 377 g/mol. The molecule has 0 radical (unpaired) electrons. The number of rotatable bonds is 2. The third-order valence-electron chi connectivity index (χ3n) is 7.70. The van der Waals surface area contributed by atoms with Crippen LogP contribution in [0.15, 0.2) is 48.5 Å². The Morgan fingerprint density at radius 3 is 1.89 bits per heavy atom. The lowest BCUT2D eigenvalue weighted by molar-refractivity contribution is -0.931. The zero-order chi connectivity index (χ0) is 19.3. The first kappa shape index (κ1) is 17.9. The van der Waals surface area contributed by atoms with Gasteiger partial charge >= 0.3 is 5.97 Å². The van der Waals surface area contributed by atoms with Gasteiger partial charge in [0, 0.05) is 25.7 Å². The summed E-state index contributed by atoms with van der Waals surface area (Å²) < 4.78 is 7.33. The van der Waals surface area contributed by atoms with E-state index in [2.05, 4.69) is 50.5 Å². The summed E-state index contributed by atoms with van der Waals surface area (Å²) in [6.07, 6.45) is 6.57. The van der Waals surface area contributed by atoms with Crippen molar-refractivity contribution < 1.29 is 14.0 Å². The fourth-order valence-electron chi connectivity index (χ4n) is 5.94. The van der Waals surface area contributed by atoms with E-state index in [1.54, 1.807) is 0 Å². The van der Waals surface area contributed by atoms with Crippen LogP contribution in [0.1, 0.15) is 53.9 Å². The maximum absolute atomic E-state index is 13.5. The van der Waals surface area contributed by atoms with Gasteiger partial charge in [0.25, 0.3) is 0 Å². The van der Waals surface area contributed by atoms with Gasteiger partial charge in [0.1, 0.15) is 12.0 Å². The molecule has 0 N–H and O–H groups in total. The van der Waals surface area contributed by atoms with Gasteiger partial charge in [-0.3, -0.25) is 4.79 Å². The van der Waals surface area contributed by atoms with Gasteiger partial charge in [-0.2, -0.15) is 0 Å². The van der Waals surface area contributed by atoms with Crippen molar-refractivity contribution in [2.45, 2.75) is 62.6 Å². The molecule has 146 valence electrons. The summed E-state index contributed by atoms with van der Waals surface area (Å²) in [5.41, 5.74) is 4.82. The summed E-state index contributed by atoms with van der Waals surface area (Å²) >= 11 is 0. The molecule has 0 spiro atoms. The van der Waals surface area contributed by atoms with E-state index in [1.807, 2.05) is 12.1 Å². The van der Waals surface area contributed by atoms with Gasteiger partial charge < -0.3 is 9.22 Å². The van der Waals surface area contributed by atoms with Crippen molar-refractivity contribution in [3.8, 4) is 0 Å². The molecule has 2 aromatic rings. The number of aryl methyl sites for hydroxylation is 2. The number of nitrogens with zero attached hydrogens (tertiary/aromatic N) is 1. The first-order chi connectivity index (χ1) is 13.5. The zero-order valence-electron chi connectivity index (χ0n) is 16.9. The Morgan fingerprint density at radius 1 is 0.857 bits per heavy atom. The van der Waals surface area contributed by atoms with Crippen molar-refractivity contribution in [1.29, 1.82) is 0 Å². The van der Waals surface area contributed by atoms with Crippen molar-refractivity contribution in [2.24, 2.45) is 0 Å². The molecule has 2 aliphatic heterocycles. The van der Waals surface area contributed by atoms with Gasteiger partial charge in [0.05, 0.1) is 26.2 Å². The second-order valence-corrected chi connectivity index (χ2v) is 9.38. The van der Waals surface area contributed by atoms with E-state index in [-0.39, 0.29) is 18.0 Å². The molecule has 2 bridgehead atoms. The maximum Gasteiger partial charge on any atom is 0.318 e. The first-order valence-corrected chi connectivity index (χ1v) is 10.7. The van der Waals surface area contributed by atoms with Crippen LogP contribution < -0.4 is 0 Å². The third-order valence-corrected chi connectivity index (χ3v) is 7.70. The van der Waals surface area contributed by atoms with Crippen molar-refractivity contribution in [3.63, 3.8) is 0 Å². The average Bonchev–Trinajstić information content (AvgIpc) is 2.88. The molecule has 0 saturated carbocycles. The van der Waals surface area contributed by atoms with Crippen LogP contribution in [0.2, 0.25) is 0 Å². The molecular weight excluding hydrogens is 346 g/mol. The quantitative estimate of drug-likeness (QED) is 0.579. The molecule has 2 fully saturated rings. The molecule has 3 heteroatoms. The molecule has 0 aromatic heterocycles. The summed E-state index contributed by atoms with van der Waals surface area (Å²) in [6, 6.07) is 18.1. The summed E-state index contributed by atoms with van der Waals surface area (Å²) in [7, 11) is 4.69. The Bertz CT molecular complexity index is 839. The Hall–Kier alpha value is -2.13. The molecule has 3 aliphatic rings. The van der Waals surface area contributed by atoms with E-state index >= 15 is 0 Å². The number of hydrogen-bond donors (Lipinski definition) is 0. The number of piperidine rings is 1. The Kier molecular flexibility index (Phi) is 4.31. The van der Waals surface area contributed by atoms with Crippen LogP contribution >= 0.6 is 0 Å². The normalized spacial score (nSPS) is 28.1. The monoisotopic (exact) mass is 376 g/mol. The van der Waals surface area contributed by atoms with E-state index in [4.69, 9.17) is 4.74 Å². The molecule has 1 unspecified atom stereocenters. The summed E-state index contributed by atoms with van der Waals surface area (Å²) in [6.45, 7) is 0. The summed E-state index contributed by atoms with van der Waals surface area (Å²) in [5.74, 6) is -0.351. The molecule has 2 heterocycles. The molecule has 2 aromatic carbocycles. The molecule has 28 heavy (non-hydrogen) atoms. The third kappa shape index (κ3) is 2.88. The predicted molar refractivity (Wildman–Crippen MR) is 110 cm³/mol. The van der Waals surface area contributed by atoms with Gasteiger partial charge in [-0.15, -0.1) is 0 Å². The fourth-order valence-corrected chi connectivity index (χ4v) is 5.94. The van der Waals surface area contributed by atoms with E-state index in [1.165, 1.54) is 24.0 Å².